The van der Waals surface area contributed by atoms with Crippen molar-refractivity contribution in [2.24, 2.45) is 0 Å². The second-order valence-corrected chi connectivity index (χ2v) is 4.37. The summed E-state index contributed by atoms with van der Waals surface area (Å²) in [6, 6.07) is 0.559. The fourth-order valence-corrected chi connectivity index (χ4v) is 2.09. The molecule has 0 radical (unpaired) electrons. The van der Waals surface area contributed by atoms with E-state index < -0.39 is 17.6 Å². The Morgan fingerprint density at radius 3 is 2.59 bits per heavy atom. The van der Waals surface area contributed by atoms with Crippen LogP contribution in [-0.4, -0.2) is 42.6 Å². The highest BCUT2D eigenvalue weighted by molar-refractivity contribution is 5.42. The van der Waals surface area contributed by atoms with E-state index in [1.165, 1.54) is 0 Å². The normalized spacial score (nSPS) is 21.9. The highest BCUT2D eigenvalue weighted by Gasteiger charge is 2.26. The third kappa shape index (κ3) is 2.36. The lowest BCUT2D eigenvalue weighted by molar-refractivity contribution is 0.272. The molecule has 3 nitrogen and oxygen atoms in total. The third-order valence-electron chi connectivity index (χ3n) is 2.97. The van der Waals surface area contributed by atoms with Gasteiger partial charge in [0, 0.05) is 31.7 Å². The molecular weight excluding hydrogens is 231 g/mol. The molecule has 0 aliphatic carbocycles. The first-order valence-electron chi connectivity index (χ1n) is 5.45. The van der Waals surface area contributed by atoms with Crippen molar-refractivity contribution in [2.45, 2.75) is 13.0 Å². The Labute approximate surface area is 97.9 Å². The number of nitrogens with zero attached hydrogens (tertiary/aromatic N) is 3. The van der Waals surface area contributed by atoms with Gasteiger partial charge < -0.3 is 9.80 Å². The van der Waals surface area contributed by atoms with Crippen molar-refractivity contribution in [1.29, 1.82) is 0 Å². The molecule has 17 heavy (non-hydrogen) atoms. The van der Waals surface area contributed by atoms with Crippen LogP contribution >= 0.6 is 0 Å². The van der Waals surface area contributed by atoms with Crippen LogP contribution in [0.4, 0.5) is 19.0 Å². The van der Waals surface area contributed by atoms with Crippen LogP contribution in [0.1, 0.15) is 6.92 Å². The Hall–Kier alpha value is -1.30. The van der Waals surface area contributed by atoms with Crippen molar-refractivity contribution in [2.75, 3.05) is 31.6 Å². The largest absolute Gasteiger partial charge is 0.349 e. The van der Waals surface area contributed by atoms with Crippen molar-refractivity contribution in [3.05, 3.63) is 23.6 Å². The minimum Gasteiger partial charge on any atom is -0.349 e. The lowest BCUT2D eigenvalue weighted by atomic mass is 10.2. The summed E-state index contributed by atoms with van der Waals surface area (Å²) in [5, 5.41) is 0. The number of piperazine rings is 1. The maximum absolute atomic E-state index is 13.6. The van der Waals surface area contributed by atoms with Crippen LogP contribution in [0, 0.1) is 17.6 Å². The molecule has 0 amide bonds. The first kappa shape index (κ1) is 12.2. The summed E-state index contributed by atoms with van der Waals surface area (Å²) in [5.74, 6) is -3.44. The maximum atomic E-state index is 13.6. The summed E-state index contributed by atoms with van der Waals surface area (Å²) in [6.07, 6.45) is 0. The number of likely N-dealkylation sites (N-methyl/N-ethyl adjacent to an activating group) is 1. The van der Waals surface area contributed by atoms with Crippen LogP contribution in [0.5, 0.6) is 0 Å². The lowest BCUT2D eigenvalue weighted by Gasteiger charge is -2.39. The minimum absolute atomic E-state index is 0.0145. The monoisotopic (exact) mass is 245 g/mol. The highest BCUT2D eigenvalue weighted by Crippen LogP contribution is 2.22. The van der Waals surface area contributed by atoms with Crippen LogP contribution in [0.2, 0.25) is 0 Å². The van der Waals surface area contributed by atoms with Crippen molar-refractivity contribution in [3.63, 3.8) is 0 Å². The topological polar surface area (TPSA) is 19.4 Å². The number of hydrogen-bond acceptors (Lipinski definition) is 3. The zero-order valence-corrected chi connectivity index (χ0v) is 9.75. The molecule has 2 rings (SSSR count). The third-order valence-corrected chi connectivity index (χ3v) is 2.97. The van der Waals surface area contributed by atoms with E-state index in [4.69, 9.17) is 0 Å². The van der Waals surface area contributed by atoms with E-state index in [9.17, 15) is 13.2 Å². The number of anilines is 1. The van der Waals surface area contributed by atoms with Gasteiger partial charge in [-0.15, -0.1) is 0 Å². The summed E-state index contributed by atoms with van der Waals surface area (Å²) >= 11 is 0. The molecule has 1 aliphatic heterocycles. The zero-order chi connectivity index (χ0) is 12.6. The Kier molecular flexibility index (Phi) is 3.24. The van der Waals surface area contributed by atoms with Gasteiger partial charge in [0.2, 0.25) is 0 Å². The molecule has 1 aromatic rings. The molecule has 0 spiro atoms. The molecule has 94 valence electrons. The molecule has 1 aromatic heterocycles. The van der Waals surface area contributed by atoms with Gasteiger partial charge in [0.05, 0.1) is 0 Å². The SMILES string of the molecule is CC1CN(C)CCN1c1nc(F)c(F)cc1F. The number of hydrogen-bond donors (Lipinski definition) is 0. The molecular formula is C11H14F3N3. The molecule has 2 heterocycles. The lowest BCUT2D eigenvalue weighted by Crippen LogP contribution is -2.51. The summed E-state index contributed by atoms with van der Waals surface area (Å²) in [4.78, 5) is 7.12. The van der Waals surface area contributed by atoms with Crippen molar-refractivity contribution >= 4 is 5.82 Å². The Morgan fingerprint density at radius 2 is 1.94 bits per heavy atom. The molecule has 0 aromatic carbocycles. The fraction of sp³-hybridized carbons (Fsp3) is 0.545. The number of halogens is 3. The van der Waals surface area contributed by atoms with Crippen molar-refractivity contribution in [3.8, 4) is 0 Å². The second-order valence-electron chi connectivity index (χ2n) is 4.37. The standard InChI is InChI=1S/C11H14F3N3/c1-7-6-16(2)3-4-17(7)11-9(13)5-8(12)10(14)15-11/h5,7H,3-4,6H2,1-2H3. The van der Waals surface area contributed by atoms with E-state index in [1.54, 1.807) is 4.90 Å². The zero-order valence-electron chi connectivity index (χ0n) is 9.75. The summed E-state index contributed by atoms with van der Waals surface area (Å²) < 4.78 is 39.4. The van der Waals surface area contributed by atoms with Crippen LogP contribution in [0.15, 0.2) is 6.07 Å². The number of aromatic nitrogens is 1. The van der Waals surface area contributed by atoms with E-state index in [0.717, 1.165) is 13.1 Å². The van der Waals surface area contributed by atoms with Crippen LogP contribution < -0.4 is 4.90 Å². The predicted octanol–water partition coefficient (Wildman–Crippen LogP) is 1.64. The number of pyridine rings is 1. The van der Waals surface area contributed by atoms with E-state index in [-0.39, 0.29) is 11.9 Å². The van der Waals surface area contributed by atoms with E-state index in [0.29, 0.717) is 12.6 Å². The van der Waals surface area contributed by atoms with Crippen molar-refractivity contribution < 1.29 is 13.2 Å². The van der Waals surface area contributed by atoms with Crippen molar-refractivity contribution in [1.82, 2.24) is 9.88 Å². The molecule has 1 fully saturated rings. The molecule has 1 atom stereocenters. The smallest absolute Gasteiger partial charge is 0.251 e. The summed E-state index contributed by atoms with van der Waals surface area (Å²) in [6.45, 7) is 3.93. The van der Waals surface area contributed by atoms with E-state index in [2.05, 4.69) is 9.88 Å². The summed E-state index contributed by atoms with van der Waals surface area (Å²) in [5.41, 5.74) is 0. The first-order chi connectivity index (χ1) is 7.99. The molecule has 1 aliphatic rings. The minimum atomic E-state index is -1.26. The van der Waals surface area contributed by atoms with Gasteiger partial charge in [-0.3, -0.25) is 0 Å². The van der Waals surface area contributed by atoms with Gasteiger partial charge in [0.25, 0.3) is 5.95 Å². The van der Waals surface area contributed by atoms with Crippen LogP contribution in [-0.2, 0) is 0 Å². The van der Waals surface area contributed by atoms with Gasteiger partial charge in [-0.25, -0.2) is 8.78 Å². The van der Waals surface area contributed by atoms with E-state index >= 15 is 0 Å². The fourth-order valence-electron chi connectivity index (χ4n) is 2.09. The average Bonchev–Trinajstić information content (AvgIpc) is 2.24. The van der Waals surface area contributed by atoms with Gasteiger partial charge >= 0.3 is 0 Å². The first-order valence-corrected chi connectivity index (χ1v) is 5.45. The Bertz CT molecular complexity index is 425. The molecule has 0 N–H and O–H groups in total. The summed E-state index contributed by atoms with van der Waals surface area (Å²) in [7, 11) is 1.96. The second kappa shape index (κ2) is 4.52. The highest BCUT2D eigenvalue weighted by atomic mass is 19.2. The van der Waals surface area contributed by atoms with E-state index in [1.807, 2.05) is 14.0 Å². The Morgan fingerprint density at radius 1 is 1.24 bits per heavy atom. The Balaban J connectivity index is 2.31. The van der Waals surface area contributed by atoms with Gasteiger partial charge in [0.1, 0.15) is 0 Å². The molecule has 6 heteroatoms. The molecule has 0 saturated carbocycles. The molecule has 1 saturated heterocycles. The quantitative estimate of drug-likeness (QED) is 0.701. The number of rotatable bonds is 1. The maximum Gasteiger partial charge on any atom is 0.251 e. The average molecular weight is 245 g/mol. The van der Waals surface area contributed by atoms with Crippen LogP contribution in [0.25, 0.3) is 0 Å². The van der Waals surface area contributed by atoms with Gasteiger partial charge in [-0.2, -0.15) is 9.37 Å². The van der Waals surface area contributed by atoms with Gasteiger partial charge in [-0.1, -0.05) is 0 Å². The molecule has 1 unspecified atom stereocenters. The molecule has 0 bridgehead atoms. The van der Waals surface area contributed by atoms with Gasteiger partial charge in [-0.05, 0) is 14.0 Å². The predicted molar refractivity (Wildman–Crippen MR) is 58.4 cm³/mol. The van der Waals surface area contributed by atoms with Gasteiger partial charge in [0.15, 0.2) is 17.5 Å². The van der Waals surface area contributed by atoms with Crippen LogP contribution in [0.3, 0.4) is 0 Å².